The molecule has 0 aliphatic heterocycles. The summed E-state index contributed by atoms with van der Waals surface area (Å²) in [5.41, 5.74) is 2.34. The summed E-state index contributed by atoms with van der Waals surface area (Å²) in [6.07, 6.45) is 3.22. The Bertz CT molecular complexity index is 584. The van der Waals surface area contributed by atoms with Gasteiger partial charge in [-0.1, -0.05) is 24.3 Å². The number of rotatable bonds is 5. The van der Waals surface area contributed by atoms with Crippen molar-refractivity contribution in [2.24, 2.45) is 5.14 Å². The average Bonchev–Trinajstić information content (AvgIpc) is 2.41. The van der Waals surface area contributed by atoms with Crippen LogP contribution >= 0.6 is 0 Å². The van der Waals surface area contributed by atoms with Gasteiger partial charge in [0.1, 0.15) is 0 Å². The van der Waals surface area contributed by atoms with Gasteiger partial charge < -0.3 is 5.32 Å². The number of sulfonamides is 1. The predicted molar refractivity (Wildman–Crippen MR) is 77.7 cm³/mol. The minimum Gasteiger partial charge on any atom is -0.356 e. The maximum absolute atomic E-state index is 12.2. The molecule has 0 fully saturated rings. The lowest BCUT2D eigenvalue weighted by Crippen LogP contribution is -2.33. The zero-order chi connectivity index (χ0) is 14.6. The van der Waals surface area contributed by atoms with Crippen LogP contribution < -0.4 is 10.5 Å². The third-order valence-corrected chi connectivity index (χ3v) is 4.45. The number of amides is 1. The van der Waals surface area contributed by atoms with Crippen molar-refractivity contribution >= 4 is 15.9 Å². The number of hydrogen-bond acceptors (Lipinski definition) is 3. The number of aryl methyl sites for hydroxylation is 1. The zero-order valence-electron chi connectivity index (χ0n) is 11.3. The summed E-state index contributed by atoms with van der Waals surface area (Å²) in [5.74, 6) is -0.241. The summed E-state index contributed by atoms with van der Waals surface area (Å²) >= 11 is 0. The number of carbonyl (C=O) groups excluding carboxylic acids is 1. The van der Waals surface area contributed by atoms with Crippen LogP contribution in [0.5, 0.6) is 0 Å². The fraction of sp³-hybridized carbons (Fsp3) is 0.500. The van der Waals surface area contributed by atoms with E-state index in [1.807, 2.05) is 18.2 Å². The average molecular weight is 296 g/mol. The normalized spacial score (nSPS) is 18.4. The van der Waals surface area contributed by atoms with Crippen LogP contribution in [0, 0.1) is 0 Å². The number of benzene rings is 1. The Kier molecular flexibility index (Phi) is 4.77. The molecule has 0 heterocycles. The highest BCUT2D eigenvalue weighted by Crippen LogP contribution is 2.31. The smallest absolute Gasteiger partial charge is 0.227 e. The molecule has 0 unspecified atom stereocenters. The molecule has 2 rings (SSSR count). The van der Waals surface area contributed by atoms with E-state index < -0.39 is 10.0 Å². The van der Waals surface area contributed by atoms with E-state index in [2.05, 4.69) is 11.4 Å². The summed E-state index contributed by atoms with van der Waals surface area (Å²) in [5, 5.41) is 7.72. The monoisotopic (exact) mass is 296 g/mol. The van der Waals surface area contributed by atoms with Crippen LogP contribution in [0.1, 0.15) is 36.3 Å². The van der Waals surface area contributed by atoms with Gasteiger partial charge in [-0.05, 0) is 36.8 Å². The molecule has 20 heavy (non-hydrogen) atoms. The van der Waals surface area contributed by atoms with Gasteiger partial charge in [0.05, 0.1) is 11.7 Å². The largest absolute Gasteiger partial charge is 0.356 e. The summed E-state index contributed by atoms with van der Waals surface area (Å²) < 4.78 is 21.6. The van der Waals surface area contributed by atoms with Crippen molar-refractivity contribution in [1.29, 1.82) is 0 Å². The van der Waals surface area contributed by atoms with Gasteiger partial charge in [0.2, 0.25) is 15.9 Å². The van der Waals surface area contributed by atoms with Gasteiger partial charge in [0, 0.05) is 6.54 Å². The number of nitrogens with one attached hydrogen (secondary N) is 1. The molecule has 1 aliphatic rings. The molecule has 1 aliphatic carbocycles. The van der Waals surface area contributed by atoms with Gasteiger partial charge in [0.15, 0.2) is 0 Å². The summed E-state index contributed by atoms with van der Waals surface area (Å²) in [6, 6.07) is 8.01. The van der Waals surface area contributed by atoms with E-state index >= 15 is 0 Å². The Morgan fingerprint density at radius 1 is 1.35 bits per heavy atom. The number of hydrogen-bond donors (Lipinski definition) is 2. The second-order valence-corrected chi connectivity index (χ2v) is 6.89. The molecule has 1 aromatic rings. The quantitative estimate of drug-likeness (QED) is 0.791. The molecule has 6 heteroatoms. The minimum absolute atomic E-state index is 0.0217. The van der Waals surface area contributed by atoms with Crippen molar-refractivity contribution in [3.63, 3.8) is 0 Å². The molecule has 110 valence electrons. The third-order valence-electron chi connectivity index (χ3n) is 3.59. The van der Waals surface area contributed by atoms with Crippen LogP contribution in [0.4, 0.5) is 0 Å². The topological polar surface area (TPSA) is 89.3 Å². The lowest BCUT2D eigenvalue weighted by atomic mass is 9.82. The van der Waals surface area contributed by atoms with Gasteiger partial charge in [-0.25, -0.2) is 13.6 Å². The van der Waals surface area contributed by atoms with Crippen LogP contribution in [0.3, 0.4) is 0 Å². The highest BCUT2D eigenvalue weighted by Gasteiger charge is 2.25. The molecule has 1 amide bonds. The van der Waals surface area contributed by atoms with Gasteiger partial charge >= 0.3 is 0 Å². The fourth-order valence-corrected chi connectivity index (χ4v) is 3.18. The van der Waals surface area contributed by atoms with Gasteiger partial charge in [-0.15, -0.1) is 0 Å². The van der Waals surface area contributed by atoms with E-state index in [0.717, 1.165) is 24.8 Å². The molecule has 0 bridgehead atoms. The first-order valence-electron chi connectivity index (χ1n) is 6.83. The SMILES string of the molecule is NS(=O)(=O)CCCNC(=O)[C@@H]1CCCc2ccccc21. The maximum atomic E-state index is 12.2. The standard InChI is InChI=1S/C14H20N2O3S/c15-20(18,19)10-4-9-16-14(17)13-8-3-6-11-5-1-2-7-12(11)13/h1-2,5,7,13H,3-4,6,8-10H2,(H,16,17)(H2,15,18,19)/t13-/m1/s1. The summed E-state index contributed by atoms with van der Waals surface area (Å²) in [7, 11) is -3.45. The van der Waals surface area contributed by atoms with Crippen LogP contribution in [0.15, 0.2) is 24.3 Å². The van der Waals surface area contributed by atoms with Gasteiger partial charge in [-0.3, -0.25) is 4.79 Å². The summed E-state index contributed by atoms with van der Waals surface area (Å²) in [6.45, 7) is 0.341. The molecule has 0 aromatic heterocycles. The Balaban J connectivity index is 1.91. The Morgan fingerprint density at radius 2 is 2.10 bits per heavy atom. The Morgan fingerprint density at radius 3 is 2.85 bits per heavy atom. The minimum atomic E-state index is -3.45. The second-order valence-electron chi connectivity index (χ2n) is 5.16. The number of primary sulfonamides is 1. The maximum Gasteiger partial charge on any atom is 0.227 e. The second kappa shape index (κ2) is 6.37. The number of carbonyl (C=O) groups is 1. The van der Waals surface area contributed by atoms with Crippen molar-refractivity contribution in [3.8, 4) is 0 Å². The van der Waals surface area contributed by atoms with Crippen molar-refractivity contribution in [1.82, 2.24) is 5.32 Å². The summed E-state index contributed by atoms with van der Waals surface area (Å²) in [4.78, 5) is 12.2. The van der Waals surface area contributed by atoms with E-state index in [4.69, 9.17) is 5.14 Å². The highest BCUT2D eigenvalue weighted by atomic mass is 32.2. The zero-order valence-corrected chi connectivity index (χ0v) is 12.2. The molecule has 1 aromatic carbocycles. The molecule has 0 saturated carbocycles. The van der Waals surface area contributed by atoms with Crippen LogP contribution in [0.2, 0.25) is 0 Å². The van der Waals surface area contributed by atoms with Crippen LogP contribution in [0.25, 0.3) is 0 Å². The van der Waals surface area contributed by atoms with E-state index in [9.17, 15) is 13.2 Å². The Hall–Kier alpha value is -1.40. The molecule has 5 nitrogen and oxygen atoms in total. The first-order chi connectivity index (χ1) is 9.47. The van der Waals surface area contributed by atoms with Crippen molar-refractivity contribution in [2.45, 2.75) is 31.6 Å². The molecule has 3 N–H and O–H groups in total. The lowest BCUT2D eigenvalue weighted by molar-refractivity contribution is -0.122. The molecule has 0 radical (unpaired) electrons. The fourth-order valence-electron chi connectivity index (χ4n) is 2.63. The third kappa shape index (κ3) is 4.05. The van der Waals surface area contributed by atoms with E-state index in [0.29, 0.717) is 13.0 Å². The first kappa shape index (κ1) is 15.0. The van der Waals surface area contributed by atoms with E-state index in [1.54, 1.807) is 0 Å². The molecule has 1 atom stereocenters. The van der Waals surface area contributed by atoms with Crippen molar-refractivity contribution in [3.05, 3.63) is 35.4 Å². The first-order valence-corrected chi connectivity index (χ1v) is 8.55. The van der Waals surface area contributed by atoms with E-state index in [-0.39, 0.29) is 17.6 Å². The van der Waals surface area contributed by atoms with Crippen LogP contribution in [-0.2, 0) is 21.2 Å². The van der Waals surface area contributed by atoms with Gasteiger partial charge in [-0.2, -0.15) is 0 Å². The Labute approximate surface area is 119 Å². The molecule has 0 saturated heterocycles. The predicted octanol–water partition coefficient (Wildman–Crippen LogP) is 0.901. The van der Waals surface area contributed by atoms with E-state index in [1.165, 1.54) is 5.56 Å². The van der Waals surface area contributed by atoms with Crippen molar-refractivity contribution < 1.29 is 13.2 Å². The molecular weight excluding hydrogens is 276 g/mol. The van der Waals surface area contributed by atoms with Crippen molar-refractivity contribution in [2.75, 3.05) is 12.3 Å². The molecule has 0 spiro atoms. The van der Waals surface area contributed by atoms with Gasteiger partial charge in [0.25, 0.3) is 0 Å². The lowest BCUT2D eigenvalue weighted by Gasteiger charge is -2.24. The number of nitrogens with two attached hydrogens (primary N) is 1. The number of fused-ring (bicyclic) bond motifs is 1. The highest BCUT2D eigenvalue weighted by molar-refractivity contribution is 7.89. The molecular formula is C14H20N2O3S. The van der Waals surface area contributed by atoms with Crippen LogP contribution in [-0.4, -0.2) is 26.6 Å².